The van der Waals surface area contributed by atoms with Gasteiger partial charge in [-0.25, -0.2) is 19.3 Å². The van der Waals surface area contributed by atoms with Crippen molar-refractivity contribution in [2.75, 3.05) is 11.4 Å². The smallest absolute Gasteiger partial charge is 0.266 e. The quantitative estimate of drug-likeness (QED) is 0.493. The van der Waals surface area contributed by atoms with Gasteiger partial charge >= 0.3 is 0 Å². The summed E-state index contributed by atoms with van der Waals surface area (Å²) in [5.74, 6) is 1.35. The largest absolute Gasteiger partial charge is 0.350 e. The molecular weight excluding hydrogens is 382 g/mol. The number of nitrogens with zero attached hydrogens (tertiary/aromatic N) is 9. The Morgan fingerprint density at radius 1 is 1.03 bits per heavy atom. The summed E-state index contributed by atoms with van der Waals surface area (Å²) in [6.45, 7) is 1.32. The summed E-state index contributed by atoms with van der Waals surface area (Å²) in [6, 6.07) is 7.16. The van der Waals surface area contributed by atoms with E-state index >= 15 is 0 Å². The van der Waals surface area contributed by atoms with Crippen molar-refractivity contribution < 1.29 is 0 Å². The lowest BCUT2D eigenvalue weighted by atomic mass is 10.2. The molecule has 150 valence electrons. The summed E-state index contributed by atoms with van der Waals surface area (Å²) in [6.07, 6.45) is 11.8. The van der Waals surface area contributed by atoms with Gasteiger partial charge in [0.25, 0.3) is 5.56 Å². The van der Waals surface area contributed by atoms with Crippen molar-refractivity contribution in [2.24, 2.45) is 0 Å². The zero-order chi connectivity index (χ0) is 20.3. The Balaban J connectivity index is 1.42. The molecular formula is C20H19N9O. The van der Waals surface area contributed by atoms with Crippen molar-refractivity contribution in [1.82, 2.24) is 39.5 Å². The molecule has 0 radical (unpaired) electrons. The van der Waals surface area contributed by atoms with Crippen LogP contribution in [0.3, 0.4) is 0 Å². The highest BCUT2D eigenvalue weighted by Gasteiger charge is 2.27. The number of aromatic nitrogens is 8. The van der Waals surface area contributed by atoms with Gasteiger partial charge in [-0.15, -0.1) is 0 Å². The van der Waals surface area contributed by atoms with E-state index in [1.807, 2.05) is 12.1 Å². The zero-order valence-corrected chi connectivity index (χ0v) is 16.1. The predicted octanol–water partition coefficient (Wildman–Crippen LogP) is 1.34. The minimum Gasteiger partial charge on any atom is -0.350 e. The molecule has 4 aromatic heterocycles. The maximum Gasteiger partial charge on any atom is 0.266 e. The minimum atomic E-state index is -0.128. The van der Waals surface area contributed by atoms with E-state index in [1.165, 1.54) is 11.0 Å². The van der Waals surface area contributed by atoms with E-state index in [2.05, 4.69) is 35.0 Å². The lowest BCUT2D eigenvalue weighted by Crippen LogP contribution is -2.37. The zero-order valence-electron chi connectivity index (χ0n) is 16.1. The first-order chi connectivity index (χ1) is 14.8. The molecule has 0 aliphatic carbocycles. The second-order valence-corrected chi connectivity index (χ2v) is 7.05. The Labute approximate surface area is 171 Å². The fourth-order valence-corrected chi connectivity index (χ4v) is 3.70. The summed E-state index contributed by atoms with van der Waals surface area (Å²) in [4.78, 5) is 31.7. The van der Waals surface area contributed by atoms with Gasteiger partial charge in [0, 0.05) is 30.6 Å². The second kappa shape index (κ2) is 7.82. The van der Waals surface area contributed by atoms with Crippen LogP contribution >= 0.6 is 0 Å². The van der Waals surface area contributed by atoms with E-state index in [1.54, 1.807) is 47.9 Å². The van der Waals surface area contributed by atoms with Crippen molar-refractivity contribution in [3.63, 3.8) is 0 Å². The van der Waals surface area contributed by atoms with Crippen LogP contribution in [-0.2, 0) is 6.54 Å². The molecule has 10 nitrogen and oxygen atoms in total. The third-order valence-electron chi connectivity index (χ3n) is 5.14. The molecule has 1 saturated heterocycles. The van der Waals surface area contributed by atoms with Gasteiger partial charge in [-0.05, 0) is 31.0 Å². The van der Waals surface area contributed by atoms with Crippen LogP contribution in [-0.4, -0.2) is 52.1 Å². The highest BCUT2D eigenvalue weighted by atomic mass is 16.1. The number of pyridine rings is 1. The van der Waals surface area contributed by atoms with Gasteiger partial charge in [0.05, 0.1) is 30.7 Å². The molecule has 0 spiro atoms. The molecule has 1 aliphatic heterocycles. The Morgan fingerprint density at radius 2 is 1.97 bits per heavy atom. The molecule has 4 aromatic rings. The molecule has 1 unspecified atom stereocenters. The molecule has 0 N–H and O–H groups in total. The van der Waals surface area contributed by atoms with Crippen LogP contribution in [0, 0.1) is 0 Å². The van der Waals surface area contributed by atoms with Gasteiger partial charge in [-0.3, -0.25) is 14.8 Å². The molecule has 0 aromatic carbocycles. The fourth-order valence-electron chi connectivity index (χ4n) is 3.70. The van der Waals surface area contributed by atoms with Gasteiger partial charge in [-0.1, -0.05) is 0 Å². The Bertz CT molecular complexity index is 1190. The van der Waals surface area contributed by atoms with Crippen molar-refractivity contribution in [2.45, 2.75) is 25.4 Å². The molecule has 0 saturated carbocycles. The molecule has 5 rings (SSSR count). The van der Waals surface area contributed by atoms with E-state index in [0.29, 0.717) is 12.4 Å². The standard InChI is InChI=1S/C20H19N9O/c30-20-6-5-17(15-3-1-7-21-9-15)26-28(20)12-16-4-2-8-27(16)18-10-22-11-19(25-18)29-14-23-13-24-29/h1,3,5-7,9-11,13-14,16H,2,4,8,12H2. The average molecular weight is 401 g/mol. The fraction of sp³-hybridized carbons (Fsp3) is 0.250. The normalized spacial score (nSPS) is 16.1. The van der Waals surface area contributed by atoms with Crippen LogP contribution in [0.2, 0.25) is 0 Å². The molecule has 5 heterocycles. The summed E-state index contributed by atoms with van der Waals surface area (Å²) < 4.78 is 3.10. The van der Waals surface area contributed by atoms with Crippen molar-refractivity contribution >= 4 is 5.82 Å². The Hall–Kier alpha value is -3.95. The predicted molar refractivity (Wildman–Crippen MR) is 109 cm³/mol. The SMILES string of the molecule is O=c1ccc(-c2cccnc2)nn1CC1CCCN1c1cncc(-n2cncn2)n1. The summed E-state index contributed by atoms with van der Waals surface area (Å²) in [7, 11) is 0. The monoisotopic (exact) mass is 401 g/mol. The summed E-state index contributed by atoms with van der Waals surface area (Å²) in [5.41, 5.74) is 1.47. The highest BCUT2D eigenvalue weighted by molar-refractivity contribution is 5.56. The number of rotatable bonds is 5. The van der Waals surface area contributed by atoms with Gasteiger partial charge in [0.15, 0.2) is 5.82 Å². The van der Waals surface area contributed by atoms with E-state index in [9.17, 15) is 4.79 Å². The number of hydrogen-bond donors (Lipinski definition) is 0. The first-order valence-corrected chi connectivity index (χ1v) is 9.70. The summed E-state index contributed by atoms with van der Waals surface area (Å²) >= 11 is 0. The van der Waals surface area contributed by atoms with Crippen molar-refractivity contribution in [3.8, 4) is 17.1 Å². The van der Waals surface area contributed by atoms with Crippen LogP contribution in [0.5, 0.6) is 0 Å². The number of anilines is 1. The maximum absolute atomic E-state index is 12.5. The first kappa shape index (κ1) is 18.1. The average Bonchev–Trinajstić information content (AvgIpc) is 3.48. The lowest BCUT2D eigenvalue weighted by molar-refractivity contribution is 0.488. The molecule has 1 aliphatic rings. The third kappa shape index (κ3) is 3.54. The van der Waals surface area contributed by atoms with Crippen molar-refractivity contribution in [1.29, 1.82) is 0 Å². The number of hydrogen-bond acceptors (Lipinski definition) is 8. The van der Waals surface area contributed by atoms with E-state index in [-0.39, 0.29) is 11.6 Å². The van der Waals surface area contributed by atoms with Crippen LogP contribution in [0.4, 0.5) is 5.82 Å². The van der Waals surface area contributed by atoms with E-state index in [0.717, 1.165) is 36.5 Å². The van der Waals surface area contributed by atoms with E-state index < -0.39 is 0 Å². The molecule has 1 atom stereocenters. The van der Waals surface area contributed by atoms with Gasteiger partial charge in [0.1, 0.15) is 18.5 Å². The van der Waals surface area contributed by atoms with Crippen LogP contribution in [0.1, 0.15) is 12.8 Å². The van der Waals surface area contributed by atoms with Gasteiger partial charge in [-0.2, -0.15) is 10.2 Å². The van der Waals surface area contributed by atoms with Crippen LogP contribution in [0.25, 0.3) is 17.1 Å². The molecule has 30 heavy (non-hydrogen) atoms. The topological polar surface area (TPSA) is 108 Å². The molecule has 0 bridgehead atoms. The van der Waals surface area contributed by atoms with Gasteiger partial charge < -0.3 is 4.90 Å². The Morgan fingerprint density at radius 3 is 2.80 bits per heavy atom. The third-order valence-corrected chi connectivity index (χ3v) is 5.14. The minimum absolute atomic E-state index is 0.0969. The summed E-state index contributed by atoms with van der Waals surface area (Å²) in [5, 5.41) is 8.69. The maximum atomic E-state index is 12.5. The van der Waals surface area contributed by atoms with Crippen molar-refractivity contribution in [3.05, 3.63) is 72.1 Å². The van der Waals surface area contributed by atoms with Crippen LogP contribution in [0.15, 0.2) is 66.5 Å². The first-order valence-electron chi connectivity index (χ1n) is 9.70. The van der Waals surface area contributed by atoms with E-state index in [4.69, 9.17) is 0 Å². The highest BCUT2D eigenvalue weighted by Crippen LogP contribution is 2.25. The Kier molecular flexibility index (Phi) is 4.72. The van der Waals surface area contributed by atoms with Gasteiger partial charge in [0.2, 0.25) is 0 Å². The second-order valence-electron chi connectivity index (χ2n) is 7.05. The molecule has 0 amide bonds. The molecule has 10 heteroatoms. The molecule has 1 fully saturated rings. The lowest BCUT2D eigenvalue weighted by Gasteiger charge is -2.26. The van der Waals surface area contributed by atoms with Crippen LogP contribution < -0.4 is 10.5 Å².